The molecule has 0 aliphatic carbocycles. The van der Waals surface area contributed by atoms with E-state index < -0.39 is 10.0 Å². The minimum absolute atomic E-state index is 0.0418. The minimum atomic E-state index is -3.59. The molecular formula is C8H10BrClN2O2S. The summed E-state index contributed by atoms with van der Waals surface area (Å²) in [7, 11) is -3.59. The maximum atomic E-state index is 11.8. The summed E-state index contributed by atoms with van der Waals surface area (Å²) in [5.41, 5.74) is 5.22. The first kappa shape index (κ1) is 12.9. The Morgan fingerprint density at radius 3 is 2.67 bits per heavy atom. The molecule has 0 fully saturated rings. The molecule has 0 saturated heterocycles. The zero-order valence-electron chi connectivity index (χ0n) is 7.70. The van der Waals surface area contributed by atoms with Gasteiger partial charge in [0.2, 0.25) is 10.0 Å². The van der Waals surface area contributed by atoms with Crippen molar-refractivity contribution in [3.05, 3.63) is 27.7 Å². The van der Waals surface area contributed by atoms with Crippen molar-refractivity contribution in [2.75, 3.05) is 13.1 Å². The van der Waals surface area contributed by atoms with Crippen LogP contribution >= 0.6 is 27.5 Å². The minimum Gasteiger partial charge on any atom is -0.329 e. The number of sulfonamides is 1. The van der Waals surface area contributed by atoms with Crippen LogP contribution in [0.15, 0.2) is 27.6 Å². The summed E-state index contributed by atoms with van der Waals surface area (Å²) in [6.45, 7) is 0.418. The fourth-order valence-electron chi connectivity index (χ4n) is 1.00. The van der Waals surface area contributed by atoms with Crippen LogP contribution in [-0.2, 0) is 10.0 Å². The monoisotopic (exact) mass is 312 g/mol. The predicted octanol–water partition coefficient (Wildman–Crippen LogP) is 1.34. The van der Waals surface area contributed by atoms with Crippen molar-refractivity contribution in [3.63, 3.8) is 0 Å². The lowest BCUT2D eigenvalue weighted by atomic mass is 10.4. The van der Waals surface area contributed by atoms with Crippen LogP contribution in [0, 0.1) is 0 Å². The standard InChI is InChI=1S/C8H10BrClN2O2S/c9-6-2-1-3-7(10)8(6)15(13,14)12-5-4-11/h1-3,12H,4-5,11H2. The summed E-state index contributed by atoms with van der Waals surface area (Å²) in [6, 6.07) is 4.79. The van der Waals surface area contributed by atoms with E-state index in [-0.39, 0.29) is 23.0 Å². The summed E-state index contributed by atoms with van der Waals surface area (Å²) in [5.74, 6) is 0. The Morgan fingerprint density at radius 2 is 2.13 bits per heavy atom. The third-order valence-electron chi connectivity index (χ3n) is 1.62. The predicted molar refractivity (Wildman–Crippen MR) is 63.4 cm³/mol. The van der Waals surface area contributed by atoms with Crippen molar-refractivity contribution in [3.8, 4) is 0 Å². The average Bonchev–Trinajstić information content (AvgIpc) is 2.14. The fraction of sp³-hybridized carbons (Fsp3) is 0.250. The Bertz CT molecular complexity index is 430. The summed E-state index contributed by atoms with van der Waals surface area (Å²) >= 11 is 8.95. The Morgan fingerprint density at radius 1 is 1.47 bits per heavy atom. The molecule has 84 valence electrons. The second-order valence-corrected chi connectivity index (χ2v) is 5.70. The molecule has 0 bridgehead atoms. The maximum Gasteiger partial charge on any atom is 0.243 e. The Kier molecular flexibility index (Phi) is 4.54. The third kappa shape index (κ3) is 3.15. The third-order valence-corrected chi connectivity index (χ3v) is 4.54. The van der Waals surface area contributed by atoms with Crippen LogP contribution in [0.1, 0.15) is 0 Å². The number of hydrogen-bond acceptors (Lipinski definition) is 3. The van der Waals surface area contributed by atoms with Crippen LogP contribution in [0.25, 0.3) is 0 Å². The van der Waals surface area contributed by atoms with E-state index in [1.807, 2.05) is 0 Å². The number of hydrogen-bond donors (Lipinski definition) is 2. The van der Waals surface area contributed by atoms with Crippen LogP contribution in [0.4, 0.5) is 0 Å². The molecule has 0 amide bonds. The molecule has 7 heteroatoms. The highest BCUT2D eigenvalue weighted by atomic mass is 79.9. The van der Waals surface area contributed by atoms with Gasteiger partial charge in [0, 0.05) is 17.6 Å². The Balaban J connectivity index is 3.15. The van der Waals surface area contributed by atoms with Crippen molar-refractivity contribution in [2.24, 2.45) is 5.73 Å². The van der Waals surface area contributed by atoms with Gasteiger partial charge in [-0.15, -0.1) is 0 Å². The van der Waals surface area contributed by atoms with E-state index in [4.69, 9.17) is 17.3 Å². The van der Waals surface area contributed by atoms with E-state index in [1.54, 1.807) is 12.1 Å². The van der Waals surface area contributed by atoms with E-state index in [1.165, 1.54) is 6.07 Å². The van der Waals surface area contributed by atoms with Gasteiger partial charge in [0.05, 0.1) is 5.02 Å². The summed E-state index contributed by atoms with van der Waals surface area (Å²) in [6.07, 6.45) is 0. The lowest BCUT2D eigenvalue weighted by Gasteiger charge is -2.08. The molecule has 1 aromatic carbocycles. The van der Waals surface area contributed by atoms with Gasteiger partial charge in [-0.3, -0.25) is 0 Å². The second-order valence-electron chi connectivity index (χ2n) is 2.74. The quantitative estimate of drug-likeness (QED) is 0.881. The van der Waals surface area contributed by atoms with Gasteiger partial charge in [-0.05, 0) is 28.1 Å². The number of rotatable bonds is 4. The molecule has 0 aliphatic rings. The normalized spacial score (nSPS) is 11.7. The highest BCUT2D eigenvalue weighted by Gasteiger charge is 2.20. The zero-order valence-corrected chi connectivity index (χ0v) is 10.9. The molecule has 1 aromatic rings. The van der Waals surface area contributed by atoms with Gasteiger partial charge in [0.15, 0.2) is 0 Å². The molecule has 4 nitrogen and oxygen atoms in total. The van der Waals surface area contributed by atoms with Crippen molar-refractivity contribution in [1.29, 1.82) is 0 Å². The number of halogens is 2. The van der Waals surface area contributed by atoms with Gasteiger partial charge >= 0.3 is 0 Å². The van der Waals surface area contributed by atoms with Crippen LogP contribution in [0.3, 0.4) is 0 Å². The first-order valence-electron chi connectivity index (χ1n) is 4.13. The molecule has 0 heterocycles. The van der Waals surface area contributed by atoms with Crippen molar-refractivity contribution in [2.45, 2.75) is 4.90 Å². The number of nitrogens with one attached hydrogen (secondary N) is 1. The van der Waals surface area contributed by atoms with Crippen LogP contribution in [-0.4, -0.2) is 21.5 Å². The lowest BCUT2D eigenvalue weighted by Crippen LogP contribution is -2.29. The van der Waals surface area contributed by atoms with E-state index in [2.05, 4.69) is 20.7 Å². The van der Waals surface area contributed by atoms with Crippen LogP contribution in [0.5, 0.6) is 0 Å². The molecule has 1 rings (SSSR count). The smallest absolute Gasteiger partial charge is 0.243 e. The van der Waals surface area contributed by atoms with E-state index >= 15 is 0 Å². The molecule has 0 aromatic heterocycles. The van der Waals surface area contributed by atoms with E-state index in [0.717, 1.165) is 0 Å². The molecule has 0 spiro atoms. The van der Waals surface area contributed by atoms with Gasteiger partial charge in [0.25, 0.3) is 0 Å². The number of nitrogens with two attached hydrogens (primary N) is 1. The van der Waals surface area contributed by atoms with Crippen LogP contribution < -0.4 is 10.5 Å². The number of benzene rings is 1. The molecule has 0 unspecified atom stereocenters. The molecule has 0 radical (unpaired) electrons. The summed E-state index contributed by atoms with van der Waals surface area (Å²) in [5, 5.41) is 0.175. The van der Waals surface area contributed by atoms with Gasteiger partial charge < -0.3 is 5.73 Å². The molecule has 0 aliphatic heterocycles. The molecule has 0 atom stereocenters. The SMILES string of the molecule is NCCNS(=O)(=O)c1c(Cl)cccc1Br. The molecule has 15 heavy (non-hydrogen) atoms. The lowest BCUT2D eigenvalue weighted by molar-refractivity contribution is 0.582. The van der Waals surface area contributed by atoms with Gasteiger partial charge in [0.1, 0.15) is 4.90 Å². The van der Waals surface area contributed by atoms with Crippen molar-refractivity contribution >= 4 is 37.6 Å². The first-order valence-corrected chi connectivity index (χ1v) is 6.78. The second kappa shape index (κ2) is 5.27. The van der Waals surface area contributed by atoms with Crippen molar-refractivity contribution < 1.29 is 8.42 Å². The Labute approximate surface area is 102 Å². The zero-order chi connectivity index (χ0) is 11.5. The summed E-state index contributed by atoms with van der Waals surface area (Å²) < 4.78 is 26.3. The topological polar surface area (TPSA) is 72.2 Å². The maximum absolute atomic E-state index is 11.8. The van der Waals surface area contributed by atoms with Gasteiger partial charge in [-0.2, -0.15) is 0 Å². The first-order chi connectivity index (χ1) is 6.99. The molecular weight excluding hydrogens is 304 g/mol. The highest BCUT2D eigenvalue weighted by Crippen LogP contribution is 2.28. The van der Waals surface area contributed by atoms with E-state index in [0.29, 0.717) is 4.47 Å². The Hall–Kier alpha value is -0.140. The van der Waals surface area contributed by atoms with Gasteiger partial charge in [-0.1, -0.05) is 17.7 Å². The molecule has 3 N–H and O–H groups in total. The molecule has 0 saturated carbocycles. The summed E-state index contributed by atoms with van der Waals surface area (Å²) in [4.78, 5) is 0.0418. The van der Waals surface area contributed by atoms with Crippen molar-refractivity contribution in [1.82, 2.24) is 4.72 Å². The van der Waals surface area contributed by atoms with Crippen LogP contribution in [0.2, 0.25) is 5.02 Å². The largest absolute Gasteiger partial charge is 0.329 e. The highest BCUT2D eigenvalue weighted by molar-refractivity contribution is 9.10. The fourth-order valence-corrected chi connectivity index (χ4v) is 3.78. The van der Waals surface area contributed by atoms with E-state index in [9.17, 15) is 8.42 Å². The van der Waals surface area contributed by atoms with Gasteiger partial charge in [-0.25, -0.2) is 13.1 Å². The average molecular weight is 314 g/mol.